The number of aromatic amines is 1. The number of H-pyrrole nitrogens is 1. The van der Waals surface area contributed by atoms with E-state index in [1.807, 2.05) is 36.9 Å². The first-order valence-corrected chi connectivity index (χ1v) is 8.33. The average molecular weight is 328 g/mol. The van der Waals surface area contributed by atoms with Crippen molar-refractivity contribution >= 4 is 5.91 Å². The third-order valence-corrected chi connectivity index (χ3v) is 4.70. The SMILES string of the molecule is CO[C@@H]1C[C@@H](c2nc(C)c(C)[nH]2)N(C(=O)CCc2ccccn2)C1. The number of methoxy groups -OCH3 is 1. The number of ether oxygens (including phenoxy) is 1. The van der Waals surface area contributed by atoms with Gasteiger partial charge in [0.2, 0.25) is 5.91 Å². The molecule has 6 nitrogen and oxygen atoms in total. The van der Waals surface area contributed by atoms with Gasteiger partial charge in [0.25, 0.3) is 0 Å². The molecule has 1 aliphatic rings. The number of carbonyl (C=O) groups excluding carboxylic acids is 1. The quantitative estimate of drug-likeness (QED) is 0.914. The molecule has 0 bridgehead atoms. The van der Waals surface area contributed by atoms with Crippen LogP contribution in [0.15, 0.2) is 24.4 Å². The smallest absolute Gasteiger partial charge is 0.223 e. The van der Waals surface area contributed by atoms with Gasteiger partial charge in [-0.25, -0.2) is 4.98 Å². The van der Waals surface area contributed by atoms with Crippen LogP contribution in [-0.2, 0) is 16.0 Å². The molecule has 3 rings (SSSR count). The first-order valence-electron chi connectivity index (χ1n) is 8.33. The minimum atomic E-state index is -0.0430. The number of aryl methyl sites for hydroxylation is 3. The Morgan fingerprint density at radius 2 is 2.25 bits per heavy atom. The number of hydrogen-bond donors (Lipinski definition) is 1. The van der Waals surface area contributed by atoms with Crippen LogP contribution < -0.4 is 0 Å². The molecule has 1 N–H and O–H groups in total. The summed E-state index contributed by atoms with van der Waals surface area (Å²) in [4.78, 5) is 26.9. The lowest BCUT2D eigenvalue weighted by atomic mass is 10.1. The highest BCUT2D eigenvalue weighted by atomic mass is 16.5. The van der Waals surface area contributed by atoms with E-state index in [4.69, 9.17) is 4.74 Å². The van der Waals surface area contributed by atoms with Gasteiger partial charge in [-0.3, -0.25) is 9.78 Å². The van der Waals surface area contributed by atoms with Crippen molar-refractivity contribution in [2.45, 2.75) is 45.3 Å². The van der Waals surface area contributed by atoms with Crippen LogP contribution in [0, 0.1) is 13.8 Å². The van der Waals surface area contributed by atoms with Crippen molar-refractivity contribution in [2.75, 3.05) is 13.7 Å². The molecule has 0 saturated carbocycles. The topological polar surface area (TPSA) is 71.1 Å². The lowest BCUT2D eigenvalue weighted by Gasteiger charge is -2.23. The standard InChI is InChI=1S/C18H24N4O2/c1-12-13(2)21-18(20-12)16-10-15(24-3)11-22(16)17(23)8-7-14-6-4-5-9-19-14/h4-6,9,15-16H,7-8,10-11H2,1-3H3,(H,20,21)/t15-,16+/m1/s1. The molecular formula is C18H24N4O2. The molecule has 1 aliphatic heterocycles. The molecule has 2 aromatic heterocycles. The number of aromatic nitrogens is 3. The zero-order valence-corrected chi connectivity index (χ0v) is 14.5. The van der Waals surface area contributed by atoms with Crippen molar-refractivity contribution in [3.63, 3.8) is 0 Å². The molecule has 0 aromatic carbocycles. The van der Waals surface area contributed by atoms with Crippen molar-refractivity contribution in [1.82, 2.24) is 19.9 Å². The number of amides is 1. The third-order valence-electron chi connectivity index (χ3n) is 4.70. The number of nitrogens with zero attached hydrogens (tertiary/aromatic N) is 3. The summed E-state index contributed by atoms with van der Waals surface area (Å²) in [5.41, 5.74) is 2.97. The van der Waals surface area contributed by atoms with Gasteiger partial charge in [0.15, 0.2) is 0 Å². The van der Waals surface area contributed by atoms with Crippen molar-refractivity contribution < 1.29 is 9.53 Å². The summed E-state index contributed by atoms with van der Waals surface area (Å²) in [5, 5.41) is 0. The second-order valence-corrected chi connectivity index (χ2v) is 6.31. The van der Waals surface area contributed by atoms with E-state index in [1.165, 1.54) is 0 Å². The molecule has 24 heavy (non-hydrogen) atoms. The number of nitrogens with one attached hydrogen (secondary N) is 1. The summed E-state index contributed by atoms with van der Waals surface area (Å²) in [6.07, 6.45) is 3.69. The van der Waals surface area contributed by atoms with E-state index in [9.17, 15) is 4.79 Å². The summed E-state index contributed by atoms with van der Waals surface area (Å²) in [6.45, 7) is 4.59. The van der Waals surface area contributed by atoms with E-state index < -0.39 is 0 Å². The maximum atomic E-state index is 12.8. The fraction of sp³-hybridized carbons (Fsp3) is 0.500. The van der Waals surface area contributed by atoms with Crippen molar-refractivity contribution in [1.29, 1.82) is 0 Å². The summed E-state index contributed by atoms with van der Waals surface area (Å²) >= 11 is 0. The third kappa shape index (κ3) is 3.48. The number of imidazole rings is 1. The van der Waals surface area contributed by atoms with Gasteiger partial charge in [0.1, 0.15) is 5.82 Å². The number of hydrogen-bond acceptors (Lipinski definition) is 4. The van der Waals surface area contributed by atoms with E-state index in [2.05, 4.69) is 15.0 Å². The predicted molar refractivity (Wildman–Crippen MR) is 90.5 cm³/mol. The van der Waals surface area contributed by atoms with Gasteiger partial charge in [-0.2, -0.15) is 0 Å². The Morgan fingerprint density at radius 1 is 1.42 bits per heavy atom. The largest absolute Gasteiger partial charge is 0.380 e. The molecule has 0 aliphatic carbocycles. The first-order chi connectivity index (χ1) is 11.6. The Balaban J connectivity index is 1.72. The fourth-order valence-corrected chi connectivity index (χ4v) is 3.16. The zero-order chi connectivity index (χ0) is 17.1. The molecule has 1 saturated heterocycles. The molecule has 6 heteroatoms. The lowest BCUT2D eigenvalue weighted by Crippen LogP contribution is -2.32. The summed E-state index contributed by atoms with van der Waals surface area (Å²) in [7, 11) is 1.70. The van der Waals surface area contributed by atoms with Crippen LogP contribution in [0.3, 0.4) is 0 Å². The van der Waals surface area contributed by atoms with Gasteiger partial charge in [-0.05, 0) is 32.4 Å². The minimum absolute atomic E-state index is 0.0430. The Hall–Kier alpha value is -2.21. The molecule has 0 spiro atoms. The van der Waals surface area contributed by atoms with Crippen LogP contribution >= 0.6 is 0 Å². The molecule has 1 amide bonds. The normalized spacial score (nSPS) is 20.5. The van der Waals surface area contributed by atoms with Gasteiger partial charge < -0.3 is 14.6 Å². The zero-order valence-electron chi connectivity index (χ0n) is 14.5. The van der Waals surface area contributed by atoms with Crippen molar-refractivity contribution in [3.8, 4) is 0 Å². The second-order valence-electron chi connectivity index (χ2n) is 6.31. The van der Waals surface area contributed by atoms with E-state index >= 15 is 0 Å². The molecule has 2 atom stereocenters. The molecule has 0 radical (unpaired) electrons. The van der Waals surface area contributed by atoms with Crippen LogP contribution in [0.4, 0.5) is 0 Å². The maximum absolute atomic E-state index is 12.8. The molecular weight excluding hydrogens is 304 g/mol. The Morgan fingerprint density at radius 3 is 2.88 bits per heavy atom. The van der Waals surface area contributed by atoms with Gasteiger partial charge >= 0.3 is 0 Å². The van der Waals surface area contributed by atoms with Crippen molar-refractivity contribution in [2.24, 2.45) is 0 Å². The molecule has 1 fully saturated rings. The van der Waals surface area contributed by atoms with E-state index in [-0.39, 0.29) is 18.1 Å². The number of rotatable bonds is 5. The van der Waals surface area contributed by atoms with Gasteiger partial charge in [-0.15, -0.1) is 0 Å². The molecule has 0 unspecified atom stereocenters. The monoisotopic (exact) mass is 328 g/mol. The fourth-order valence-electron chi connectivity index (χ4n) is 3.16. The maximum Gasteiger partial charge on any atom is 0.223 e. The van der Waals surface area contributed by atoms with Crippen LogP contribution in [0.1, 0.15) is 41.8 Å². The average Bonchev–Trinajstić information content (AvgIpc) is 3.17. The highest BCUT2D eigenvalue weighted by Gasteiger charge is 2.37. The Kier molecular flexibility index (Phi) is 4.94. The van der Waals surface area contributed by atoms with Gasteiger partial charge in [-0.1, -0.05) is 6.07 Å². The number of likely N-dealkylation sites (tertiary alicyclic amines) is 1. The van der Waals surface area contributed by atoms with Gasteiger partial charge in [0.05, 0.1) is 17.8 Å². The van der Waals surface area contributed by atoms with E-state index in [0.29, 0.717) is 19.4 Å². The summed E-state index contributed by atoms with van der Waals surface area (Å²) in [5.74, 6) is 0.979. The summed E-state index contributed by atoms with van der Waals surface area (Å²) < 4.78 is 5.50. The van der Waals surface area contributed by atoms with Crippen LogP contribution in [0.2, 0.25) is 0 Å². The second kappa shape index (κ2) is 7.13. The van der Waals surface area contributed by atoms with E-state index in [0.717, 1.165) is 29.3 Å². The predicted octanol–water partition coefficient (Wildman–Crippen LogP) is 2.34. The number of carbonyl (C=O) groups is 1. The molecule has 128 valence electrons. The first kappa shape index (κ1) is 16.6. The number of pyridine rings is 1. The molecule has 3 heterocycles. The Labute approximate surface area is 142 Å². The van der Waals surface area contributed by atoms with Crippen molar-refractivity contribution in [3.05, 3.63) is 47.3 Å². The molecule has 2 aromatic rings. The van der Waals surface area contributed by atoms with E-state index in [1.54, 1.807) is 13.3 Å². The lowest BCUT2D eigenvalue weighted by molar-refractivity contribution is -0.132. The Bertz CT molecular complexity index is 679. The highest BCUT2D eigenvalue weighted by Crippen LogP contribution is 2.32. The minimum Gasteiger partial charge on any atom is -0.380 e. The van der Waals surface area contributed by atoms with Gasteiger partial charge in [0, 0.05) is 44.1 Å². The van der Waals surface area contributed by atoms with Crippen LogP contribution in [0.5, 0.6) is 0 Å². The van der Waals surface area contributed by atoms with Crippen LogP contribution in [-0.4, -0.2) is 45.5 Å². The van der Waals surface area contributed by atoms with Crippen LogP contribution in [0.25, 0.3) is 0 Å². The highest BCUT2D eigenvalue weighted by molar-refractivity contribution is 5.77. The summed E-state index contributed by atoms with van der Waals surface area (Å²) in [6, 6.07) is 5.73.